The molecule has 0 unspecified atom stereocenters. The minimum absolute atomic E-state index is 0.157. The zero-order valence-corrected chi connectivity index (χ0v) is 13.2. The highest BCUT2D eigenvalue weighted by Gasteiger charge is 2.12. The summed E-state index contributed by atoms with van der Waals surface area (Å²) < 4.78 is 10.0. The molecule has 0 aliphatic heterocycles. The lowest BCUT2D eigenvalue weighted by Gasteiger charge is -2.02. The van der Waals surface area contributed by atoms with Crippen LogP contribution >= 0.6 is 11.3 Å². The molecule has 0 saturated carbocycles. The molecule has 0 fully saturated rings. The van der Waals surface area contributed by atoms with Crippen molar-refractivity contribution in [2.75, 3.05) is 13.7 Å². The first-order chi connectivity index (χ1) is 10.6. The van der Waals surface area contributed by atoms with Crippen molar-refractivity contribution in [2.24, 2.45) is 0 Å². The Labute approximate surface area is 131 Å². The van der Waals surface area contributed by atoms with Gasteiger partial charge < -0.3 is 14.5 Å². The van der Waals surface area contributed by atoms with Gasteiger partial charge in [-0.25, -0.2) is 0 Å². The van der Waals surface area contributed by atoms with E-state index >= 15 is 0 Å². The third-order valence-corrected chi connectivity index (χ3v) is 3.85. The van der Waals surface area contributed by atoms with Gasteiger partial charge in [0.25, 0.3) is 5.89 Å². The second-order valence-corrected chi connectivity index (χ2v) is 5.88. The van der Waals surface area contributed by atoms with Crippen LogP contribution in [0.15, 0.2) is 16.5 Å². The van der Waals surface area contributed by atoms with Gasteiger partial charge in [-0.3, -0.25) is 9.59 Å². The molecule has 2 aromatic rings. The normalized spacial score (nSPS) is 10.5. The summed E-state index contributed by atoms with van der Waals surface area (Å²) in [4.78, 5) is 24.6. The fraction of sp³-hybridized carbons (Fsp3) is 0.429. The number of hydrogen-bond donors (Lipinski definition) is 1. The molecule has 8 heteroatoms. The van der Waals surface area contributed by atoms with Crippen LogP contribution in [0.2, 0.25) is 0 Å². The van der Waals surface area contributed by atoms with Crippen molar-refractivity contribution in [2.45, 2.75) is 26.2 Å². The molecular weight excluding hydrogens is 306 g/mol. The molecule has 0 aliphatic rings. The maximum atomic E-state index is 11.6. The zero-order chi connectivity index (χ0) is 15.9. The molecule has 0 aromatic carbocycles. The highest BCUT2D eigenvalue weighted by molar-refractivity contribution is 7.15. The summed E-state index contributed by atoms with van der Waals surface area (Å²) >= 11 is 1.58. The summed E-state index contributed by atoms with van der Waals surface area (Å²) in [6, 6.07) is 3.91. The Kier molecular flexibility index (Phi) is 5.65. The summed E-state index contributed by atoms with van der Waals surface area (Å²) in [5.74, 6) is 0.368. The van der Waals surface area contributed by atoms with Crippen LogP contribution in [0.25, 0.3) is 10.8 Å². The Balaban J connectivity index is 1.76. The van der Waals surface area contributed by atoms with Gasteiger partial charge in [-0.2, -0.15) is 0 Å². The number of carbonyl (C=O) groups is 2. The van der Waals surface area contributed by atoms with Gasteiger partial charge in [0.15, 0.2) is 0 Å². The summed E-state index contributed by atoms with van der Waals surface area (Å²) in [6.07, 6.45) is 0.748. The number of methoxy groups -OCH3 is 1. The molecule has 0 aliphatic carbocycles. The standard InChI is InChI=1S/C14H17N3O4S/c1-9-3-4-10(22-9)14-17-16-12(21-14)6-5-11(18)15-8-7-13(19)20-2/h3-4H,5-8H2,1-2H3,(H,15,18). The van der Waals surface area contributed by atoms with E-state index in [0.29, 0.717) is 18.2 Å². The Bertz CT molecular complexity index is 650. The molecule has 2 rings (SSSR count). The average molecular weight is 323 g/mol. The zero-order valence-electron chi connectivity index (χ0n) is 12.4. The minimum atomic E-state index is -0.354. The fourth-order valence-electron chi connectivity index (χ4n) is 1.72. The van der Waals surface area contributed by atoms with E-state index in [1.807, 2.05) is 19.1 Å². The van der Waals surface area contributed by atoms with E-state index in [0.717, 1.165) is 4.88 Å². The van der Waals surface area contributed by atoms with Gasteiger partial charge in [0, 0.05) is 24.3 Å². The minimum Gasteiger partial charge on any atom is -0.469 e. The van der Waals surface area contributed by atoms with Gasteiger partial charge in [0.2, 0.25) is 11.8 Å². The van der Waals surface area contributed by atoms with E-state index in [1.165, 1.54) is 12.0 Å². The number of aromatic nitrogens is 2. The fourth-order valence-corrected chi connectivity index (χ4v) is 2.51. The topological polar surface area (TPSA) is 94.3 Å². The third kappa shape index (κ3) is 4.66. The molecule has 118 valence electrons. The Morgan fingerprint density at radius 3 is 2.82 bits per heavy atom. The molecule has 7 nitrogen and oxygen atoms in total. The number of nitrogens with zero attached hydrogens (tertiary/aromatic N) is 2. The maximum absolute atomic E-state index is 11.6. The molecule has 0 bridgehead atoms. The number of esters is 1. The number of aryl methyl sites for hydroxylation is 2. The van der Waals surface area contributed by atoms with E-state index in [4.69, 9.17) is 4.42 Å². The van der Waals surface area contributed by atoms with Crippen LogP contribution in [0.4, 0.5) is 0 Å². The Morgan fingerprint density at radius 2 is 2.14 bits per heavy atom. The van der Waals surface area contributed by atoms with Gasteiger partial charge in [-0.1, -0.05) is 0 Å². The first-order valence-electron chi connectivity index (χ1n) is 6.81. The number of ether oxygens (including phenoxy) is 1. The predicted octanol–water partition coefficient (Wildman–Crippen LogP) is 1.72. The van der Waals surface area contributed by atoms with Gasteiger partial charge in [0.05, 0.1) is 18.4 Å². The van der Waals surface area contributed by atoms with Crippen LogP contribution < -0.4 is 5.32 Å². The van der Waals surface area contributed by atoms with E-state index in [9.17, 15) is 9.59 Å². The SMILES string of the molecule is COC(=O)CCNC(=O)CCc1nnc(-c2ccc(C)s2)o1. The molecule has 1 N–H and O–H groups in total. The molecule has 2 aromatic heterocycles. The van der Waals surface area contributed by atoms with Gasteiger partial charge in [-0.15, -0.1) is 21.5 Å². The van der Waals surface area contributed by atoms with Crippen LogP contribution in [-0.2, 0) is 20.7 Å². The average Bonchev–Trinajstić information content (AvgIpc) is 3.13. The molecule has 0 spiro atoms. The van der Waals surface area contributed by atoms with Crippen molar-refractivity contribution in [3.05, 3.63) is 22.9 Å². The van der Waals surface area contributed by atoms with Gasteiger partial charge in [0.1, 0.15) is 0 Å². The summed E-state index contributed by atoms with van der Waals surface area (Å²) in [5.41, 5.74) is 0. The van der Waals surface area contributed by atoms with Crippen LogP contribution in [0.5, 0.6) is 0 Å². The Morgan fingerprint density at radius 1 is 1.32 bits per heavy atom. The van der Waals surface area contributed by atoms with Crippen molar-refractivity contribution < 1.29 is 18.7 Å². The first kappa shape index (κ1) is 16.2. The number of thiophene rings is 1. The van der Waals surface area contributed by atoms with E-state index < -0.39 is 0 Å². The van der Waals surface area contributed by atoms with Crippen molar-refractivity contribution in [1.29, 1.82) is 0 Å². The van der Waals surface area contributed by atoms with E-state index in [1.54, 1.807) is 11.3 Å². The lowest BCUT2D eigenvalue weighted by Crippen LogP contribution is -2.26. The van der Waals surface area contributed by atoms with Crippen molar-refractivity contribution >= 4 is 23.2 Å². The van der Waals surface area contributed by atoms with Crippen molar-refractivity contribution in [1.82, 2.24) is 15.5 Å². The predicted molar refractivity (Wildman–Crippen MR) is 80.3 cm³/mol. The summed E-state index contributed by atoms with van der Waals surface area (Å²) in [7, 11) is 1.31. The first-order valence-corrected chi connectivity index (χ1v) is 7.63. The highest BCUT2D eigenvalue weighted by atomic mass is 32.1. The van der Waals surface area contributed by atoms with Gasteiger partial charge in [-0.05, 0) is 19.1 Å². The molecule has 0 radical (unpaired) electrons. The number of rotatable bonds is 7. The molecule has 2 heterocycles. The number of carbonyl (C=O) groups excluding carboxylic acids is 2. The van der Waals surface area contributed by atoms with Crippen LogP contribution in [-0.4, -0.2) is 35.7 Å². The highest BCUT2D eigenvalue weighted by Crippen LogP contribution is 2.26. The molecule has 0 atom stereocenters. The number of hydrogen-bond acceptors (Lipinski definition) is 7. The van der Waals surface area contributed by atoms with Crippen molar-refractivity contribution in [3.63, 3.8) is 0 Å². The third-order valence-electron chi connectivity index (χ3n) is 2.86. The van der Waals surface area contributed by atoms with Gasteiger partial charge >= 0.3 is 5.97 Å². The smallest absolute Gasteiger partial charge is 0.307 e. The molecule has 0 saturated heterocycles. The maximum Gasteiger partial charge on any atom is 0.307 e. The summed E-state index contributed by atoms with van der Waals surface area (Å²) in [5, 5.41) is 10.5. The quantitative estimate of drug-likeness (QED) is 0.780. The number of nitrogens with one attached hydrogen (secondary N) is 1. The van der Waals surface area contributed by atoms with Crippen LogP contribution in [0, 0.1) is 6.92 Å². The lowest BCUT2D eigenvalue weighted by atomic mass is 10.3. The molecule has 1 amide bonds. The molecule has 22 heavy (non-hydrogen) atoms. The van der Waals surface area contributed by atoms with E-state index in [2.05, 4.69) is 20.3 Å². The summed E-state index contributed by atoms with van der Waals surface area (Å²) in [6.45, 7) is 2.26. The largest absolute Gasteiger partial charge is 0.469 e. The monoisotopic (exact) mass is 323 g/mol. The Hall–Kier alpha value is -2.22. The van der Waals surface area contributed by atoms with E-state index in [-0.39, 0.29) is 31.3 Å². The second-order valence-electron chi connectivity index (χ2n) is 4.59. The number of amides is 1. The van der Waals surface area contributed by atoms with Crippen LogP contribution in [0.1, 0.15) is 23.6 Å². The second kappa shape index (κ2) is 7.69. The van der Waals surface area contributed by atoms with Crippen LogP contribution in [0.3, 0.4) is 0 Å². The lowest BCUT2D eigenvalue weighted by molar-refractivity contribution is -0.140. The molecular formula is C14H17N3O4S. The van der Waals surface area contributed by atoms with Crippen molar-refractivity contribution in [3.8, 4) is 10.8 Å².